The Morgan fingerprint density at radius 1 is 1.19 bits per heavy atom. The van der Waals surface area contributed by atoms with E-state index < -0.39 is 0 Å². The molecule has 0 spiro atoms. The maximum absolute atomic E-state index is 11.9. The first-order valence-corrected chi connectivity index (χ1v) is 6.25. The monoisotopic (exact) mass is 288 g/mol. The predicted octanol–water partition coefficient (Wildman–Crippen LogP) is 1.18. The van der Waals surface area contributed by atoms with Crippen LogP contribution in [0.25, 0.3) is 0 Å². The molecular weight excluding hydrogens is 272 g/mol. The van der Waals surface area contributed by atoms with Crippen molar-refractivity contribution in [2.45, 2.75) is 6.42 Å². The first-order chi connectivity index (χ1) is 10.2. The van der Waals surface area contributed by atoms with E-state index in [2.05, 4.69) is 20.8 Å². The lowest BCUT2D eigenvalue weighted by Crippen LogP contribution is -2.31. The van der Waals surface area contributed by atoms with Gasteiger partial charge in [0.25, 0.3) is 0 Å². The summed E-state index contributed by atoms with van der Waals surface area (Å²) in [6.45, 7) is 0. The molecule has 0 aliphatic rings. The van der Waals surface area contributed by atoms with Gasteiger partial charge in [-0.1, -0.05) is 0 Å². The molecule has 0 bridgehead atoms. The minimum absolute atomic E-state index is 0.139. The normalized spacial score (nSPS) is 9.81. The fraction of sp³-hybridized carbons (Fsp3) is 0.214. The van der Waals surface area contributed by atoms with Crippen LogP contribution in [0.2, 0.25) is 0 Å². The van der Waals surface area contributed by atoms with Crippen molar-refractivity contribution in [3.05, 3.63) is 42.2 Å². The van der Waals surface area contributed by atoms with E-state index in [1.165, 1.54) is 0 Å². The molecule has 1 aromatic carbocycles. The third-order valence-corrected chi connectivity index (χ3v) is 2.72. The summed E-state index contributed by atoms with van der Waals surface area (Å²) in [5.41, 5.74) is 5.89. The molecule has 2 aromatic rings. The van der Waals surface area contributed by atoms with Gasteiger partial charge in [-0.15, -0.1) is 0 Å². The second-order valence-corrected chi connectivity index (χ2v) is 4.10. The first-order valence-electron chi connectivity index (χ1n) is 6.25. The average Bonchev–Trinajstić information content (AvgIpc) is 2.54. The summed E-state index contributed by atoms with van der Waals surface area (Å²) in [6.07, 6.45) is 3.29. The summed E-state index contributed by atoms with van der Waals surface area (Å²) in [7, 11) is 3.12. The molecule has 2 rings (SSSR count). The maximum atomic E-state index is 11.9. The van der Waals surface area contributed by atoms with Crippen LogP contribution in [-0.2, 0) is 11.2 Å². The van der Waals surface area contributed by atoms with E-state index in [-0.39, 0.29) is 12.3 Å². The molecule has 0 saturated carbocycles. The summed E-state index contributed by atoms with van der Waals surface area (Å²) < 4.78 is 10.4. The van der Waals surface area contributed by atoms with Gasteiger partial charge in [-0.3, -0.25) is 15.6 Å². The Balaban J connectivity index is 1.99. The Morgan fingerprint density at radius 2 is 1.95 bits per heavy atom. The second-order valence-electron chi connectivity index (χ2n) is 4.10. The predicted molar refractivity (Wildman–Crippen MR) is 77.0 cm³/mol. The molecule has 0 saturated heterocycles. The van der Waals surface area contributed by atoms with Crippen LogP contribution in [0.4, 0.5) is 5.95 Å². The van der Waals surface area contributed by atoms with Gasteiger partial charge in [0.15, 0.2) is 0 Å². The summed E-state index contributed by atoms with van der Waals surface area (Å²) in [6, 6.07) is 6.98. The van der Waals surface area contributed by atoms with Gasteiger partial charge in [0, 0.05) is 18.0 Å². The van der Waals surface area contributed by atoms with Crippen molar-refractivity contribution in [3.8, 4) is 11.5 Å². The van der Waals surface area contributed by atoms with Crippen LogP contribution in [0.15, 0.2) is 36.7 Å². The highest BCUT2D eigenvalue weighted by Gasteiger charge is 2.10. The number of benzene rings is 1. The molecule has 7 nitrogen and oxygen atoms in total. The van der Waals surface area contributed by atoms with Crippen molar-refractivity contribution in [2.24, 2.45) is 0 Å². The molecule has 0 aliphatic heterocycles. The lowest BCUT2D eigenvalue weighted by Gasteiger charge is -2.11. The standard InChI is InChI=1S/C14H16N4O3/c1-20-11-4-5-12(21-2)10(8-11)9-13(19)17-18-14-15-6-3-7-16-14/h3-8H,9H2,1-2H3,(H,17,19)(H,15,16,18). The van der Waals surface area contributed by atoms with Gasteiger partial charge in [-0.05, 0) is 24.3 Å². The van der Waals surface area contributed by atoms with Crippen LogP contribution in [0.5, 0.6) is 11.5 Å². The van der Waals surface area contributed by atoms with Crippen molar-refractivity contribution in [1.82, 2.24) is 15.4 Å². The van der Waals surface area contributed by atoms with Crippen LogP contribution < -0.4 is 20.3 Å². The zero-order chi connectivity index (χ0) is 15.1. The number of aromatic nitrogens is 2. The molecule has 110 valence electrons. The van der Waals surface area contributed by atoms with Gasteiger partial charge in [0.1, 0.15) is 11.5 Å². The third kappa shape index (κ3) is 4.07. The Kier molecular flexibility index (Phi) is 4.92. The van der Waals surface area contributed by atoms with Gasteiger partial charge in [0.2, 0.25) is 11.9 Å². The molecular formula is C14H16N4O3. The number of anilines is 1. The van der Waals surface area contributed by atoms with E-state index in [9.17, 15) is 4.79 Å². The maximum Gasteiger partial charge on any atom is 0.242 e. The molecule has 1 amide bonds. The van der Waals surface area contributed by atoms with E-state index in [0.717, 1.165) is 5.56 Å². The highest BCUT2D eigenvalue weighted by molar-refractivity contribution is 5.80. The summed E-state index contributed by atoms with van der Waals surface area (Å²) in [4.78, 5) is 19.8. The van der Waals surface area contributed by atoms with Gasteiger partial charge in [-0.25, -0.2) is 9.97 Å². The highest BCUT2D eigenvalue weighted by atomic mass is 16.5. The van der Waals surface area contributed by atoms with E-state index in [1.807, 2.05) is 0 Å². The highest BCUT2D eigenvalue weighted by Crippen LogP contribution is 2.24. The van der Waals surface area contributed by atoms with Crippen LogP contribution in [0.1, 0.15) is 5.56 Å². The number of carbonyl (C=O) groups is 1. The number of hydrazine groups is 1. The number of hydrogen-bond donors (Lipinski definition) is 2. The first kappa shape index (κ1) is 14.6. The second kappa shape index (κ2) is 7.09. The number of rotatable bonds is 6. The molecule has 0 atom stereocenters. The fourth-order valence-electron chi connectivity index (χ4n) is 1.73. The van der Waals surface area contributed by atoms with E-state index in [4.69, 9.17) is 9.47 Å². The van der Waals surface area contributed by atoms with Crippen LogP contribution in [0.3, 0.4) is 0 Å². The van der Waals surface area contributed by atoms with Gasteiger partial charge >= 0.3 is 0 Å². The average molecular weight is 288 g/mol. The van der Waals surface area contributed by atoms with E-state index in [1.54, 1.807) is 50.9 Å². The number of nitrogens with one attached hydrogen (secondary N) is 2. The fourth-order valence-corrected chi connectivity index (χ4v) is 1.73. The molecule has 0 radical (unpaired) electrons. The van der Waals surface area contributed by atoms with Crippen LogP contribution in [0, 0.1) is 0 Å². The molecule has 7 heteroatoms. The van der Waals surface area contributed by atoms with Gasteiger partial charge in [0.05, 0.1) is 20.6 Å². The molecule has 1 aromatic heterocycles. The number of carbonyl (C=O) groups excluding carboxylic acids is 1. The number of methoxy groups -OCH3 is 2. The minimum atomic E-state index is -0.242. The summed E-state index contributed by atoms with van der Waals surface area (Å²) in [5, 5.41) is 0. The number of hydrogen-bond acceptors (Lipinski definition) is 6. The Morgan fingerprint density at radius 3 is 2.62 bits per heavy atom. The smallest absolute Gasteiger partial charge is 0.242 e. The van der Waals surface area contributed by atoms with Crippen molar-refractivity contribution in [3.63, 3.8) is 0 Å². The molecule has 21 heavy (non-hydrogen) atoms. The van der Waals surface area contributed by atoms with Crippen LogP contribution >= 0.6 is 0 Å². The van der Waals surface area contributed by atoms with Crippen LogP contribution in [-0.4, -0.2) is 30.1 Å². The van der Waals surface area contributed by atoms with Crippen molar-refractivity contribution in [2.75, 3.05) is 19.6 Å². The molecule has 1 heterocycles. The molecule has 0 aliphatic carbocycles. The molecule has 0 fully saturated rings. The van der Waals surface area contributed by atoms with E-state index in [0.29, 0.717) is 17.4 Å². The number of amides is 1. The summed E-state index contributed by atoms with van der Waals surface area (Å²) >= 11 is 0. The SMILES string of the molecule is COc1ccc(OC)c(CC(=O)NNc2ncccn2)c1. The van der Waals surface area contributed by atoms with Crippen molar-refractivity contribution >= 4 is 11.9 Å². The Labute approximate surface area is 122 Å². The quantitative estimate of drug-likeness (QED) is 0.776. The lowest BCUT2D eigenvalue weighted by molar-refractivity contribution is -0.120. The molecule has 0 unspecified atom stereocenters. The minimum Gasteiger partial charge on any atom is -0.497 e. The van der Waals surface area contributed by atoms with Gasteiger partial charge < -0.3 is 9.47 Å². The largest absolute Gasteiger partial charge is 0.497 e. The zero-order valence-electron chi connectivity index (χ0n) is 11.8. The summed E-state index contributed by atoms with van der Waals surface area (Å²) in [5.74, 6) is 1.37. The Bertz CT molecular complexity index is 604. The van der Waals surface area contributed by atoms with E-state index >= 15 is 0 Å². The molecule has 2 N–H and O–H groups in total. The number of nitrogens with zero attached hydrogens (tertiary/aromatic N) is 2. The Hall–Kier alpha value is -2.83. The van der Waals surface area contributed by atoms with Crippen molar-refractivity contribution < 1.29 is 14.3 Å². The van der Waals surface area contributed by atoms with Gasteiger partial charge in [-0.2, -0.15) is 0 Å². The van der Waals surface area contributed by atoms with Crippen molar-refractivity contribution in [1.29, 1.82) is 0 Å². The lowest BCUT2D eigenvalue weighted by atomic mass is 10.1. The zero-order valence-corrected chi connectivity index (χ0v) is 11.8. The number of ether oxygens (including phenoxy) is 2. The third-order valence-electron chi connectivity index (χ3n) is 2.72. The topological polar surface area (TPSA) is 85.4 Å².